The van der Waals surface area contributed by atoms with E-state index in [1.165, 1.54) is 55.1 Å². The van der Waals surface area contributed by atoms with Gasteiger partial charge in [0.1, 0.15) is 5.82 Å². The molecule has 2 saturated heterocycles. The van der Waals surface area contributed by atoms with Crippen molar-refractivity contribution >= 4 is 27.4 Å². The summed E-state index contributed by atoms with van der Waals surface area (Å²) in [5, 5.41) is 0. The second kappa shape index (κ2) is 7.62. The predicted octanol–water partition coefficient (Wildman–Crippen LogP) is 2.36. The quantitative estimate of drug-likeness (QED) is 0.785. The molecule has 0 amide bonds. The number of fused-ring (bicyclic) bond motifs is 1. The second-order valence-electron chi connectivity index (χ2n) is 8.14. The summed E-state index contributed by atoms with van der Waals surface area (Å²) in [5.41, 5.74) is 1.11. The maximum Gasteiger partial charge on any atom is 0.150 e. The zero-order chi connectivity index (χ0) is 18.2. The number of thiophene rings is 1. The zero-order valence-corrected chi connectivity index (χ0v) is 17.0. The van der Waals surface area contributed by atoms with Crippen molar-refractivity contribution in [1.29, 1.82) is 0 Å². The number of hydrogen-bond donors (Lipinski definition) is 0. The summed E-state index contributed by atoms with van der Waals surface area (Å²) in [5.74, 6) is 2.97. The minimum atomic E-state index is 0.786. The molecule has 2 aromatic rings. The van der Waals surface area contributed by atoms with E-state index in [2.05, 4.69) is 20.8 Å². The molecule has 3 fully saturated rings. The Labute approximate surface area is 165 Å². The molecule has 5 rings (SSSR count). The van der Waals surface area contributed by atoms with Crippen molar-refractivity contribution < 1.29 is 4.74 Å². The van der Waals surface area contributed by atoms with E-state index in [0.717, 1.165) is 55.9 Å². The van der Waals surface area contributed by atoms with Crippen LogP contribution in [0.2, 0.25) is 0 Å². The van der Waals surface area contributed by atoms with Gasteiger partial charge in [0.15, 0.2) is 5.82 Å². The number of morpholine rings is 1. The lowest BCUT2D eigenvalue weighted by Gasteiger charge is -2.34. The molecule has 1 aliphatic carbocycles. The Balaban J connectivity index is 1.29. The molecule has 146 valence electrons. The van der Waals surface area contributed by atoms with Crippen molar-refractivity contribution in [3.8, 4) is 0 Å². The van der Waals surface area contributed by atoms with Crippen LogP contribution in [0.25, 0.3) is 10.2 Å². The third-order valence-electron chi connectivity index (χ3n) is 5.88. The van der Waals surface area contributed by atoms with Crippen LogP contribution in [0, 0.1) is 12.8 Å². The van der Waals surface area contributed by atoms with Gasteiger partial charge in [0.05, 0.1) is 23.4 Å². The number of aromatic nitrogens is 2. The molecule has 2 aromatic heterocycles. The highest BCUT2D eigenvalue weighted by molar-refractivity contribution is 7.19. The first kappa shape index (κ1) is 17.8. The van der Waals surface area contributed by atoms with E-state index in [1.54, 1.807) is 0 Å². The zero-order valence-electron chi connectivity index (χ0n) is 16.2. The lowest BCUT2D eigenvalue weighted by Crippen LogP contribution is -2.46. The van der Waals surface area contributed by atoms with Crippen molar-refractivity contribution in [2.45, 2.75) is 26.3 Å². The number of hydrogen-bond acceptors (Lipinski definition) is 7. The third-order valence-corrected chi connectivity index (χ3v) is 6.99. The highest BCUT2D eigenvalue weighted by atomic mass is 32.1. The van der Waals surface area contributed by atoms with E-state index in [4.69, 9.17) is 14.7 Å². The summed E-state index contributed by atoms with van der Waals surface area (Å²) in [6, 6.07) is 2.29. The van der Waals surface area contributed by atoms with Crippen LogP contribution < -0.4 is 4.90 Å². The molecule has 1 saturated carbocycles. The summed E-state index contributed by atoms with van der Waals surface area (Å²) in [6.45, 7) is 12.6. The van der Waals surface area contributed by atoms with Crippen LogP contribution in [-0.2, 0) is 11.3 Å². The lowest BCUT2D eigenvalue weighted by atomic mass is 10.2. The largest absolute Gasteiger partial charge is 0.378 e. The molecule has 0 spiro atoms. The number of rotatable bonds is 5. The first-order chi connectivity index (χ1) is 13.2. The third kappa shape index (κ3) is 4.11. The maximum atomic E-state index is 5.51. The van der Waals surface area contributed by atoms with Gasteiger partial charge < -0.3 is 14.5 Å². The van der Waals surface area contributed by atoms with Crippen LogP contribution >= 0.6 is 11.3 Å². The molecule has 0 aromatic carbocycles. The molecular weight excluding hydrogens is 358 g/mol. The lowest BCUT2D eigenvalue weighted by molar-refractivity contribution is 0.122. The van der Waals surface area contributed by atoms with Crippen molar-refractivity contribution in [3.63, 3.8) is 0 Å². The van der Waals surface area contributed by atoms with E-state index in [9.17, 15) is 0 Å². The van der Waals surface area contributed by atoms with Gasteiger partial charge in [0, 0.05) is 57.2 Å². The van der Waals surface area contributed by atoms with Crippen molar-refractivity contribution in [2.75, 3.05) is 63.9 Å². The van der Waals surface area contributed by atoms with Gasteiger partial charge in [-0.3, -0.25) is 4.90 Å². The van der Waals surface area contributed by atoms with E-state index in [1.807, 2.05) is 18.3 Å². The van der Waals surface area contributed by atoms with E-state index in [0.29, 0.717) is 0 Å². The van der Waals surface area contributed by atoms with E-state index < -0.39 is 0 Å². The Hall–Kier alpha value is -1.28. The number of anilines is 1. The molecule has 6 nitrogen and oxygen atoms in total. The highest BCUT2D eigenvalue weighted by Crippen LogP contribution is 2.33. The van der Waals surface area contributed by atoms with Crippen molar-refractivity contribution in [1.82, 2.24) is 19.8 Å². The summed E-state index contributed by atoms with van der Waals surface area (Å²) in [7, 11) is 0. The van der Waals surface area contributed by atoms with Gasteiger partial charge in [-0.25, -0.2) is 9.97 Å². The van der Waals surface area contributed by atoms with E-state index >= 15 is 0 Å². The smallest absolute Gasteiger partial charge is 0.150 e. The van der Waals surface area contributed by atoms with E-state index in [-0.39, 0.29) is 0 Å². The molecule has 7 heteroatoms. The minimum Gasteiger partial charge on any atom is -0.378 e. The molecule has 0 radical (unpaired) electrons. The van der Waals surface area contributed by atoms with Gasteiger partial charge in [0.2, 0.25) is 0 Å². The Morgan fingerprint density at radius 2 is 1.78 bits per heavy atom. The van der Waals surface area contributed by atoms with Crippen LogP contribution in [0.5, 0.6) is 0 Å². The molecule has 27 heavy (non-hydrogen) atoms. The average molecular weight is 388 g/mol. The fourth-order valence-corrected chi connectivity index (χ4v) is 5.32. The normalized spacial score (nSPS) is 22.6. The average Bonchev–Trinajstić information content (AvgIpc) is 3.41. The minimum absolute atomic E-state index is 0.786. The summed E-state index contributed by atoms with van der Waals surface area (Å²) in [4.78, 5) is 18.5. The molecule has 0 bridgehead atoms. The highest BCUT2D eigenvalue weighted by Gasteiger charge is 2.26. The Morgan fingerprint density at radius 1 is 1.04 bits per heavy atom. The number of nitrogens with zero attached hydrogens (tertiary/aromatic N) is 5. The molecule has 3 aliphatic rings. The van der Waals surface area contributed by atoms with Crippen molar-refractivity contribution in [3.05, 3.63) is 16.8 Å². The number of aryl methyl sites for hydroxylation is 1. The van der Waals surface area contributed by atoms with Crippen LogP contribution in [0.15, 0.2) is 6.07 Å². The van der Waals surface area contributed by atoms with Gasteiger partial charge in [-0.15, -0.1) is 11.3 Å². The first-order valence-corrected chi connectivity index (χ1v) is 11.1. The van der Waals surface area contributed by atoms with Crippen LogP contribution in [0.3, 0.4) is 0 Å². The summed E-state index contributed by atoms with van der Waals surface area (Å²) in [6.07, 6.45) is 2.90. The molecule has 4 heterocycles. The maximum absolute atomic E-state index is 5.51. The van der Waals surface area contributed by atoms with Crippen LogP contribution in [-0.4, -0.2) is 78.8 Å². The topological polar surface area (TPSA) is 44.7 Å². The van der Waals surface area contributed by atoms with Gasteiger partial charge in [0.25, 0.3) is 0 Å². The Bertz CT molecular complexity index is 791. The number of piperazine rings is 1. The predicted molar refractivity (Wildman–Crippen MR) is 110 cm³/mol. The molecule has 0 unspecified atom stereocenters. The Kier molecular flexibility index (Phi) is 5.02. The standard InChI is InChI=1S/C20H29N5OS/c1-15-21-18-12-17(14-24-6-4-23(5-7-24)13-16-2-3-16)27-19(18)20(22-15)25-8-10-26-11-9-25/h12,16H,2-11,13-14H2,1H3. The fourth-order valence-electron chi connectivity index (χ4n) is 4.16. The first-order valence-electron chi connectivity index (χ1n) is 10.3. The molecule has 0 N–H and O–H groups in total. The SMILES string of the molecule is Cc1nc(N2CCOCC2)c2sc(CN3CCN(CC4CC4)CC3)cc2n1. The van der Waals surface area contributed by atoms with Crippen LogP contribution in [0.1, 0.15) is 23.5 Å². The van der Waals surface area contributed by atoms with Crippen molar-refractivity contribution in [2.24, 2.45) is 5.92 Å². The van der Waals surface area contributed by atoms with Gasteiger partial charge in [-0.2, -0.15) is 0 Å². The fraction of sp³-hybridized carbons (Fsp3) is 0.700. The molecule has 2 aliphatic heterocycles. The molecule has 0 atom stereocenters. The monoisotopic (exact) mass is 387 g/mol. The number of ether oxygens (including phenoxy) is 1. The summed E-state index contributed by atoms with van der Waals surface area (Å²) >= 11 is 1.88. The second-order valence-corrected chi connectivity index (χ2v) is 9.28. The molecular formula is C20H29N5OS. The van der Waals surface area contributed by atoms with Gasteiger partial charge >= 0.3 is 0 Å². The summed E-state index contributed by atoms with van der Waals surface area (Å²) < 4.78 is 6.75. The Morgan fingerprint density at radius 3 is 2.52 bits per heavy atom. The van der Waals surface area contributed by atoms with Crippen LogP contribution in [0.4, 0.5) is 5.82 Å². The van der Waals surface area contributed by atoms with Gasteiger partial charge in [-0.05, 0) is 31.7 Å². The van der Waals surface area contributed by atoms with Gasteiger partial charge in [-0.1, -0.05) is 0 Å².